The monoisotopic (exact) mass is 453 g/mol. The Kier molecular flexibility index (Phi) is 5.79. The Morgan fingerprint density at radius 2 is 1.65 bits per heavy atom. The molecule has 6 rings (SSSR count). The summed E-state index contributed by atoms with van der Waals surface area (Å²) in [5.74, 6) is 3.55. The SMILES string of the molecule is C[C@@H]1[C@H]2CC[C@@]3(O)[C@@H]4CC(O)[C@H]5CC(O)CC[C@]5(C)[C@H]4C[C@H]3[C@@H]2CN2CCCC[C@@H]12.Cl. The van der Waals surface area contributed by atoms with Crippen LogP contribution in [0, 0.1) is 46.8 Å². The van der Waals surface area contributed by atoms with E-state index >= 15 is 0 Å². The molecular formula is C26H44ClNO3. The van der Waals surface area contributed by atoms with E-state index in [9.17, 15) is 15.3 Å². The van der Waals surface area contributed by atoms with Crippen LogP contribution in [-0.2, 0) is 0 Å². The fourth-order valence-electron chi connectivity index (χ4n) is 10.3. The van der Waals surface area contributed by atoms with E-state index in [1.807, 2.05) is 0 Å². The van der Waals surface area contributed by atoms with E-state index in [2.05, 4.69) is 18.7 Å². The van der Waals surface area contributed by atoms with Crippen LogP contribution in [0.2, 0.25) is 0 Å². The molecule has 4 nitrogen and oxygen atoms in total. The number of aliphatic hydroxyl groups is 3. The van der Waals surface area contributed by atoms with Crippen molar-refractivity contribution in [3.05, 3.63) is 0 Å². The highest BCUT2D eigenvalue weighted by molar-refractivity contribution is 5.85. The van der Waals surface area contributed by atoms with E-state index in [1.165, 1.54) is 38.8 Å². The second-order valence-electron chi connectivity index (χ2n) is 12.7. The van der Waals surface area contributed by atoms with E-state index in [0.29, 0.717) is 17.8 Å². The maximum atomic E-state index is 12.2. The summed E-state index contributed by atoms with van der Waals surface area (Å²) in [6, 6.07) is 0.776. The van der Waals surface area contributed by atoms with Gasteiger partial charge >= 0.3 is 0 Å². The first-order valence-corrected chi connectivity index (χ1v) is 13.2. The number of rotatable bonds is 0. The normalized spacial score (nSPS) is 58.7. The van der Waals surface area contributed by atoms with Gasteiger partial charge in [0.25, 0.3) is 0 Å². The molecule has 31 heavy (non-hydrogen) atoms. The molecule has 0 aromatic carbocycles. The third-order valence-corrected chi connectivity index (χ3v) is 11.8. The molecule has 2 saturated heterocycles. The van der Waals surface area contributed by atoms with Gasteiger partial charge in [0.2, 0.25) is 0 Å². The summed E-state index contributed by atoms with van der Waals surface area (Å²) in [7, 11) is 0. The Morgan fingerprint density at radius 1 is 0.839 bits per heavy atom. The minimum Gasteiger partial charge on any atom is -0.393 e. The predicted molar refractivity (Wildman–Crippen MR) is 124 cm³/mol. The summed E-state index contributed by atoms with van der Waals surface area (Å²) in [5.41, 5.74) is -0.489. The zero-order valence-electron chi connectivity index (χ0n) is 19.5. The third kappa shape index (κ3) is 3.14. The van der Waals surface area contributed by atoms with Crippen LogP contribution in [0.15, 0.2) is 0 Å². The lowest BCUT2D eigenvalue weighted by Gasteiger charge is -2.58. The lowest BCUT2D eigenvalue weighted by Crippen LogP contribution is -2.61. The second kappa shape index (κ2) is 7.83. The zero-order valence-corrected chi connectivity index (χ0v) is 20.3. The van der Waals surface area contributed by atoms with Crippen molar-refractivity contribution in [1.29, 1.82) is 0 Å². The molecule has 3 N–H and O–H groups in total. The van der Waals surface area contributed by atoms with Crippen LogP contribution in [0.1, 0.15) is 78.1 Å². The Balaban J connectivity index is 0.00000204. The van der Waals surface area contributed by atoms with Crippen LogP contribution in [0.5, 0.6) is 0 Å². The Hall–Kier alpha value is 0.130. The summed E-state index contributed by atoms with van der Waals surface area (Å²) < 4.78 is 0. The highest BCUT2D eigenvalue weighted by Crippen LogP contribution is 2.68. The molecule has 6 aliphatic rings. The van der Waals surface area contributed by atoms with Crippen LogP contribution in [0.4, 0.5) is 0 Å². The second-order valence-corrected chi connectivity index (χ2v) is 12.7. The molecule has 4 saturated carbocycles. The molecule has 12 atom stereocenters. The number of aliphatic hydroxyl groups excluding tert-OH is 2. The summed E-state index contributed by atoms with van der Waals surface area (Å²) in [6.45, 7) is 7.36. The van der Waals surface area contributed by atoms with Crippen molar-refractivity contribution in [3.8, 4) is 0 Å². The van der Waals surface area contributed by atoms with Crippen molar-refractivity contribution in [3.63, 3.8) is 0 Å². The van der Waals surface area contributed by atoms with Crippen LogP contribution >= 0.6 is 12.4 Å². The van der Waals surface area contributed by atoms with E-state index in [4.69, 9.17) is 0 Å². The van der Waals surface area contributed by atoms with Gasteiger partial charge in [0.15, 0.2) is 0 Å². The van der Waals surface area contributed by atoms with Crippen LogP contribution in [0.3, 0.4) is 0 Å². The Bertz CT molecular complexity index is 692. The molecular weight excluding hydrogens is 410 g/mol. The van der Waals surface area contributed by atoms with Gasteiger partial charge in [-0.3, -0.25) is 4.90 Å². The molecule has 2 unspecified atom stereocenters. The molecule has 5 heteroatoms. The molecule has 4 aliphatic carbocycles. The number of hydrogen-bond acceptors (Lipinski definition) is 4. The maximum Gasteiger partial charge on any atom is 0.0711 e. The lowest BCUT2D eigenvalue weighted by atomic mass is 9.50. The summed E-state index contributed by atoms with van der Waals surface area (Å²) in [5, 5.41) is 33.7. The minimum atomic E-state index is -0.570. The Morgan fingerprint density at radius 3 is 2.45 bits per heavy atom. The van der Waals surface area contributed by atoms with Gasteiger partial charge in [0.05, 0.1) is 17.8 Å². The van der Waals surface area contributed by atoms with Crippen molar-refractivity contribution in [2.75, 3.05) is 13.1 Å². The molecule has 6 fully saturated rings. The van der Waals surface area contributed by atoms with Gasteiger partial charge in [0, 0.05) is 12.6 Å². The lowest BCUT2D eigenvalue weighted by molar-refractivity contribution is -0.175. The first-order chi connectivity index (χ1) is 14.3. The first kappa shape index (κ1) is 22.9. The van der Waals surface area contributed by atoms with Gasteiger partial charge in [0.1, 0.15) is 0 Å². The van der Waals surface area contributed by atoms with Gasteiger partial charge in [-0.25, -0.2) is 0 Å². The topological polar surface area (TPSA) is 63.9 Å². The summed E-state index contributed by atoms with van der Waals surface area (Å²) >= 11 is 0. The molecule has 0 amide bonds. The molecule has 0 aromatic rings. The quantitative estimate of drug-likeness (QED) is 0.521. The van der Waals surface area contributed by atoms with Gasteiger partial charge in [-0.15, -0.1) is 12.4 Å². The van der Waals surface area contributed by atoms with Crippen LogP contribution in [0.25, 0.3) is 0 Å². The molecule has 0 bridgehead atoms. The number of halogens is 1. The van der Waals surface area contributed by atoms with E-state index < -0.39 is 5.60 Å². The molecule has 0 radical (unpaired) electrons. The van der Waals surface area contributed by atoms with Gasteiger partial charge in [-0.05, 0) is 111 Å². The predicted octanol–water partition coefficient (Wildman–Crippen LogP) is 3.85. The van der Waals surface area contributed by atoms with Crippen molar-refractivity contribution in [2.45, 2.75) is 102 Å². The molecule has 2 heterocycles. The van der Waals surface area contributed by atoms with E-state index in [0.717, 1.165) is 56.4 Å². The van der Waals surface area contributed by atoms with Gasteiger partial charge < -0.3 is 15.3 Å². The molecule has 0 aromatic heterocycles. The molecule has 2 aliphatic heterocycles. The average molecular weight is 454 g/mol. The van der Waals surface area contributed by atoms with Gasteiger partial charge in [-0.1, -0.05) is 20.3 Å². The van der Waals surface area contributed by atoms with Crippen molar-refractivity contribution < 1.29 is 15.3 Å². The minimum absolute atomic E-state index is 0. The van der Waals surface area contributed by atoms with Crippen LogP contribution < -0.4 is 0 Å². The molecule has 178 valence electrons. The fourth-order valence-corrected chi connectivity index (χ4v) is 10.3. The van der Waals surface area contributed by atoms with E-state index in [1.54, 1.807) is 0 Å². The number of hydrogen-bond donors (Lipinski definition) is 3. The van der Waals surface area contributed by atoms with Gasteiger partial charge in [-0.2, -0.15) is 0 Å². The smallest absolute Gasteiger partial charge is 0.0711 e. The number of piperidine rings is 2. The fraction of sp³-hybridized carbons (Fsp3) is 1.00. The average Bonchev–Trinajstić information content (AvgIpc) is 3.03. The standard InChI is InChI=1S/C26H43NO3.ClH/c1-15-17-7-9-26(30)19(18(17)14-27-10-4-3-5-23(15)27)12-20-21(26)13-24(29)22-11-16(28)6-8-25(20,22)2;/h15-24,28-30H,3-14H2,1-2H3;1H/t15-,16?,17-,18-,19+,20+,21-,22-,23+,24?,25-,26+;/m1./s1. The zero-order chi connectivity index (χ0) is 20.8. The highest BCUT2D eigenvalue weighted by Gasteiger charge is 2.67. The number of fused-ring (bicyclic) bond motifs is 8. The molecule has 0 spiro atoms. The Labute approximate surface area is 194 Å². The van der Waals surface area contributed by atoms with Crippen molar-refractivity contribution in [2.24, 2.45) is 46.8 Å². The first-order valence-electron chi connectivity index (χ1n) is 13.2. The third-order valence-electron chi connectivity index (χ3n) is 11.8. The largest absolute Gasteiger partial charge is 0.393 e. The summed E-state index contributed by atoms with van der Waals surface area (Å²) in [4.78, 5) is 2.79. The number of nitrogens with zero attached hydrogens (tertiary/aromatic N) is 1. The maximum absolute atomic E-state index is 12.2. The summed E-state index contributed by atoms with van der Waals surface area (Å²) in [6.07, 6.45) is 10.2. The van der Waals surface area contributed by atoms with Crippen LogP contribution in [-0.4, -0.2) is 57.2 Å². The van der Waals surface area contributed by atoms with Crippen molar-refractivity contribution in [1.82, 2.24) is 4.90 Å². The highest BCUT2D eigenvalue weighted by atomic mass is 35.5. The van der Waals surface area contributed by atoms with E-state index in [-0.39, 0.29) is 41.9 Å². The van der Waals surface area contributed by atoms with Crippen molar-refractivity contribution >= 4 is 12.4 Å².